The van der Waals surface area contributed by atoms with Crippen molar-refractivity contribution < 1.29 is 9.50 Å². The summed E-state index contributed by atoms with van der Waals surface area (Å²) in [5.74, 6) is -0.217. The van der Waals surface area contributed by atoms with Gasteiger partial charge in [-0.2, -0.15) is 0 Å². The highest BCUT2D eigenvalue weighted by molar-refractivity contribution is 5.37. The van der Waals surface area contributed by atoms with E-state index in [0.717, 1.165) is 24.0 Å². The SMILES string of the molecule is OC1(CCc2ccccc2)CCc2cc(F)ccc21. The van der Waals surface area contributed by atoms with E-state index < -0.39 is 5.60 Å². The van der Waals surface area contributed by atoms with Crippen molar-refractivity contribution in [2.24, 2.45) is 0 Å². The summed E-state index contributed by atoms with van der Waals surface area (Å²) >= 11 is 0. The number of fused-ring (bicyclic) bond motifs is 1. The fraction of sp³-hybridized carbons (Fsp3) is 0.294. The molecule has 0 aliphatic heterocycles. The van der Waals surface area contributed by atoms with Crippen LogP contribution in [0.15, 0.2) is 48.5 Å². The van der Waals surface area contributed by atoms with Gasteiger partial charge in [-0.1, -0.05) is 36.4 Å². The third-order valence-electron chi connectivity index (χ3n) is 4.05. The van der Waals surface area contributed by atoms with Gasteiger partial charge in [0.15, 0.2) is 0 Å². The number of aryl methyl sites for hydroxylation is 2. The molecule has 1 nitrogen and oxygen atoms in total. The van der Waals surface area contributed by atoms with Crippen molar-refractivity contribution in [2.45, 2.75) is 31.3 Å². The molecular formula is C17H17FO. The van der Waals surface area contributed by atoms with E-state index in [0.29, 0.717) is 12.8 Å². The Morgan fingerprint density at radius 3 is 2.68 bits per heavy atom. The number of halogens is 1. The fourth-order valence-corrected chi connectivity index (χ4v) is 2.95. The van der Waals surface area contributed by atoms with E-state index in [1.807, 2.05) is 18.2 Å². The Labute approximate surface area is 112 Å². The molecule has 0 heterocycles. The summed E-state index contributed by atoms with van der Waals surface area (Å²) in [5, 5.41) is 10.8. The smallest absolute Gasteiger partial charge is 0.123 e. The Balaban J connectivity index is 1.79. The van der Waals surface area contributed by atoms with Gasteiger partial charge in [-0.3, -0.25) is 0 Å². The average Bonchev–Trinajstić information content (AvgIpc) is 2.75. The van der Waals surface area contributed by atoms with Gasteiger partial charge in [-0.25, -0.2) is 4.39 Å². The zero-order chi connectivity index (χ0) is 13.3. The highest BCUT2D eigenvalue weighted by atomic mass is 19.1. The Morgan fingerprint density at radius 2 is 1.89 bits per heavy atom. The monoisotopic (exact) mass is 256 g/mol. The maximum absolute atomic E-state index is 13.2. The van der Waals surface area contributed by atoms with Gasteiger partial charge in [-0.05, 0) is 54.5 Å². The van der Waals surface area contributed by atoms with Crippen LogP contribution in [-0.4, -0.2) is 5.11 Å². The Bertz CT molecular complexity index is 579. The van der Waals surface area contributed by atoms with E-state index in [4.69, 9.17) is 0 Å². The zero-order valence-corrected chi connectivity index (χ0v) is 10.8. The maximum atomic E-state index is 13.2. The lowest BCUT2D eigenvalue weighted by atomic mass is 9.89. The van der Waals surface area contributed by atoms with Crippen LogP contribution in [0.5, 0.6) is 0 Å². The molecule has 2 aromatic carbocycles. The lowest BCUT2D eigenvalue weighted by Gasteiger charge is -2.24. The molecule has 1 atom stereocenters. The first-order valence-corrected chi connectivity index (χ1v) is 6.73. The van der Waals surface area contributed by atoms with Crippen molar-refractivity contribution in [3.8, 4) is 0 Å². The van der Waals surface area contributed by atoms with Crippen LogP contribution < -0.4 is 0 Å². The molecule has 0 radical (unpaired) electrons. The van der Waals surface area contributed by atoms with Gasteiger partial charge in [0.05, 0.1) is 5.60 Å². The van der Waals surface area contributed by atoms with Gasteiger partial charge in [0.1, 0.15) is 5.82 Å². The van der Waals surface area contributed by atoms with Crippen LogP contribution in [-0.2, 0) is 18.4 Å². The molecular weight excluding hydrogens is 239 g/mol. The van der Waals surface area contributed by atoms with E-state index in [1.54, 1.807) is 12.1 Å². The normalized spacial score (nSPS) is 21.4. The molecule has 1 unspecified atom stereocenters. The zero-order valence-electron chi connectivity index (χ0n) is 10.8. The molecule has 0 saturated heterocycles. The van der Waals surface area contributed by atoms with Crippen molar-refractivity contribution in [1.29, 1.82) is 0 Å². The molecule has 0 spiro atoms. The molecule has 98 valence electrons. The molecule has 2 heteroatoms. The summed E-state index contributed by atoms with van der Waals surface area (Å²) in [6, 6.07) is 14.9. The molecule has 0 bridgehead atoms. The van der Waals surface area contributed by atoms with Crippen molar-refractivity contribution in [3.63, 3.8) is 0 Å². The fourth-order valence-electron chi connectivity index (χ4n) is 2.95. The first-order valence-electron chi connectivity index (χ1n) is 6.73. The molecule has 0 amide bonds. The van der Waals surface area contributed by atoms with Crippen LogP contribution >= 0.6 is 0 Å². The number of benzene rings is 2. The second kappa shape index (κ2) is 4.78. The number of rotatable bonds is 3. The van der Waals surface area contributed by atoms with Crippen LogP contribution in [0, 0.1) is 5.82 Å². The maximum Gasteiger partial charge on any atom is 0.123 e. The summed E-state index contributed by atoms with van der Waals surface area (Å²) in [6.07, 6.45) is 2.99. The van der Waals surface area contributed by atoms with Gasteiger partial charge in [-0.15, -0.1) is 0 Å². The molecule has 3 rings (SSSR count). The van der Waals surface area contributed by atoms with Crippen LogP contribution in [0.1, 0.15) is 29.5 Å². The van der Waals surface area contributed by atoms with Crippen molar-refractivity contribution in [3.05, 3.63) is 71.0 Å². The lowest BCUT2D eigenvalue weighted by Crippen LogP contribution is -2.23. The topological polar surface area (TPSA) is 20.2 Å². The standard InChI is InChI=1S/C17H17FO/c18-15-6-7-16-14(12-15)9-11-17(16,19)10-8-13-4-2-1-3-5-13/h1-7,12,19H,8-11H2. The predicted octanol–water partition coefficient (Wildman–Crippen LogP) is 3.59. The molecule has 1 aliphatic rings. The summed E-state index contributed by atoms with van der Waals surface area (Å²) < 4.78 is 13.2. The van der Waals surface area contributed by atoms with Crippen molar-refractivity contribution in [1.82, 2.24) is 0 Å². The second-order valence-corrected chi connectivity index (χ2v) is 5.32. The van der Waals surface area contributed by atoms with E-state index in [-0.39, 0.29) is 5.82 Å². The third-order valence-corrected chi connectivity index (χ3v) is 4.05. The van der Waals surface area contributed by atoms with Gasteiger partial charge in [0.2, 0.25) is 0 Å². The summed E-state index contributed by atoms with van der Waals surface area (Å²) in [5.41, 5.74) is 2.30. The second-order valence-electron chi connectivity index (χ2n) is 5.32. The van der Waals surface area contributed by atoms with Crippen LogP contribution in [0.25, 0.3) is 0 Å². The van der Waals surface area contributed by atoms with Crippen LogP contribution in [0.4, 0.5) is 4.39 Å². The minimum atomic E-state index is -0.793. The minimum absolute atomic E-state index is 0.217. The van der Waals surface area contributed by atoms with Gasteiger partial charge < -0.3 is 5.11 Å². The van der Waals surface area contributed by atoms with Gasteiger partial charge in [0, 0.05) is 0 Å². The molecule has 0 saturated carbocycles. The molecule has 0 fully saturated rings. The predicted molar refractivity (Wildman–Crippen MR) is 73.4 cm³/mol. The minimum Gasteiger partial charge on any atom is -0.385 e. The molecule has 1 aliphatic carbocycles. The quantitative estimate of drug-likeness (QED) is 0.889. The lowest BCUT2D eigenvalue weighted by molar-refractivity contribution is 0.0297. The third kappa shape index (κ3) is 2.41. The number of aliphatic hydroxyl groups is 1. The number of hydrogen-bond acceptors (Lipinski definition) is 1. The summed E-state index contributed by atoms with van der Waals surface area (Å²) in [7, 11) is 0. The Hall–Kier alpha value is -1.67. The molecule has 1 N–H and O–H groups in total. The van der Waals surface area contributed by atoms with Crippen molar-refractivity contribution in [2.75, 3.05) is 0 Å². The largest absolute Gasteiger partial charge is 0.385 e. The highest BCUT2D eigenvalue weighted by Gasteiger charge is 2.36. The van der Waals surface area contributed by atoms with Gasteiger partial charge >= 0.3 is 0 Å². The first-order chi connectivity index (χ1) is 9.17. The Kier molecular flexibility index (Phi) is 3.11. The summed E-state index contributed by atoms with van der Waals surface area (Å²) in [4.78, 5) is 0. The van der Waals surface area contributed by atoms with Crippen molar-refractivity contribution >= 4 is 0 Å². The highest BCUT2D eigenvalue weighted by Crippen LogP contribution is 2.40. The van der Waals surface area contributed by atoms with E-state index >= 15 is 0 Å². The van der Waals surface area contributed by atoms with E-state index in [1.165, 1.54) is 11.6 Å². The Morgan fingerprint density at radius 1 is 1.11 bits per heavy atom. The molecule has 19 heavy (non-hydrogen) atoms. The molecule has 2 aromatic rings. The van der Waals surface area contributed by atoms with Crippen LogP contribution in [0.2, 0.25) is 0 Å². The van der Waals surface area contributed by atoms with E-state index in [9.17, 15) is 9.50 Å². The average molecular weight is 256 g/mol. The van der Waals surface area contributed by atoms with E-state index in [2.05, 4.69) is 12.1 Å². The number of hydrogen-bond donors (Lipinski definition) is 1. The summed E-state index contributed by atoms with van der Waals surface area (Å²) in [6.45, 7) is 0. The van der Waals surface area contributed by atoms with Crippen LogP contribution in [0.3, 0.4) is 0 Å². The van der Waals surface area contributed by atoms with Gasteiger partial charge in [0.25, 0.3) is 0 Å². The molecule has 0 aromatic heterocycles. The first kappa shape index (κ1) is 12.4.